The Morgan fingerprint density at radius 2 is 1.07 bits per heavy atom. The summed E-state index contributed by atoms with van der Waals surface area (Å²) in [5.41, 5.74) is 17.0. The Morgan fingerprint density at radius 3 is 1.67 bits per heavy atom. The lowest BCUT2D eigenvalue weighted by atomic mass is 9.84. The average Bonchev–Trinajstić information content (AvgIpc) is 1.60. The fourth-order valence-electron chi connectivity index (χ4n) is 15.5. The number of hydrogen-bond acceptors (Lipinski definition) is 22. The van der Waals surface area contributed by atoms with Gasteiger partial charge in [-0.15, -0.1) is 0 Å². The molecule has 5 aliphatic heterocycles. The molecule has 6 aliphatic rings. The number of carbonyl (C=O) groups excluding carboxylic acids is 17. The summed E-state index contributed by atoms with van der Waals surface area (Å²) < 4.78 is -1.62. The van der Waals surface area contributed by atoms with Gasteiger partial charge in [0.2, 0.25) is 94.5 Å². The van der Waals surface area contributed by atoms with Crippen LogP contribution in [0.5, 0.6) is 0 Å². The summed E-state index contributed by atoms with van der Waals surface area (Å²) in [6, 6.07) is -22.5. The molecule has 0 unspecified atom stereocenters. The number of aliphatic hydroxyl groups excluding tert-OH is 2. The van der Waals surface area contributed by atoms with Crippen LogP contribution in [0.4, 0.5) is 4.79 Å². The number of nitrogens with one attached hydrogen (secondary N) is 13. The number of primary amides is 1. The van der Waals surface area contributed by atoms with E-state index in [4.69, 9.17) is 17.2 Å². The Labute approximate surface area is 697 Å². The van der Waals surface area contributed by atoms with E-state index in [9.17, 15) is 58.2 Å². The molecule has 118 heavy (non-hydrogen) atoms. The minimum absolute atomic E-state index is 0.00556. The molecule has 6 fully saturated rings. The number of nitrogens with zero attached hydrogens (tertiary/aromatic N) is 4. The molecule has 0 radical (unpaired) electrons. The second-order valence-corrected chi connectivity index (χ2v) is 35.8. The highest BCUT2D eigenvalue weighted by molar-refractivity contribution is 8.77. The van der Waals surface area contributed by atoms with Crippen LogP contribution in [-0.4, -0.2) is 272 Å². The summed E-state index contributed by atoms with van der Waals surface area (Å²) in [5, 5.41) is 55.7. The van der Waals surface area contributed by atoms with Crippen LogP contribution in [0.15, 0.2) is 4.99 Å². The number of urea groups is 1. The zero-order valence-corrected chi connectivity index (χ0v) is 71.4. The van der Waals surface area contributed by atoms with Crippen LogP contribution >= 0.6 is 21.6 Å². The topological polar surface area (TPSA) is 587 Å². The van der Waals surface area contributed by atoms with Crippen LogP contribution in [0.2, 0.25) is 0 Å². The van der Waals surface area contributed by atoms with Crippen molar-refractivity contribution in [2.75, 3.05) is 45.1 Å². The van der Waals surface area contributed by atoms with Crippen molar-refractivity contribution in [1.82, 2.24) is 83.8 Å². The van der Waals surface area contributed by atoms with Crippen LogP contribution in [0, 0.1) is 29.6 Å². The smallest absolute Gasteiger partial charge is 0.322 e. The molecule has 5 saturated heterocycles. The number of nitrogens with two attached hydrogens (primary N) is 3. The Morgan fingerprint density at radius 1 is 0.525 bits per heavy atom. The molecule has 2 bridgehead atoms. The summed E-state index contributed by atoms with van der Waals surface area (Å²) in [6.45, 7) is 16.0. The SMILES string of the molecule is CC[C@H](C)[C@@H]1NC(=O)[C@@H](C)NC(=O)NC(=O)CCCCNC(=O)CC[C@@H](C(N)=O)NC(=O)[C@@H]2CCCN2C(=O)[C@H]([C@@H](C)CC)NC(=O)[C@H]2NC(=O)[C@H]([C@@H](C)CC)NC(=O)[C@@H]3C[C@@H]4CCCC[C@@H]4N3C(=O)[C@@H]3CCCN3C(=O)[C@H](CC(C)C)NC(=O)[C@H](CO)NC(=O)[C@H](CCCN=C(N)N)NC(=O)[C@H](CO)NC(=O)[C@H](CSSC2(C)C)NC1=O. The minimum atomic E-state index is -1.96. The van der Waals surface area contributed by atoms with E-state index in [0.29, 0.717) is 32.1 Å². The van der Waals surface area contributed by atoms with Gasteiger partial charge in [0.15, 0.2) is 5.96 Å². The lowest BCUT2D eigenvalue weighted by Gasteiger charge is -2.39. The first kappa shape index (κ1) is 97.7. The first-order valence-corrected chi connectivity index (χ1v) is 43.8. The predicted octanol–water partition coefficient (Wildman–Crippen LogP) is -2.85. The van der Waals surface area contributed by atoms with Crippen LogP contribution in [0.3, 0.4) is 0 Å². The first-order valence-electron chi connectivity index (χ1n) is 41.5. The van der Waals surface area contributed by atoms with Crippen LogP contribution in [-0.2, 0) is 76.7 Å². The van der Waals surface area contributed by atoms with E-state index in [2.05, 4.69) is 74.1 Å². The second-order valence-electron chi connectivity index (χ2n) is 32.8. The van der Waals surface area contributed by atoms with Gasteiger partial charge in [-0.05, 0) is 134 Å². The molecule has 1 aliphatic carbocycles. The quantitative estimate of drug-likeness (QED) is 0.0340. The van der Waals surface area contributed by atoms with Crippen molar-refractivity contribution in [3.05, 3.63) is 0 Å². The van der Waals surface area contributed by atoms with Crippen molar-refractivity contribution in [3.63, 3.8) is 0 Å². The number of imide groups is 1. The van der Waals surface area contributed by atoms with Crippen molar-refractivity contribution in [1.29, 1.82) is 0 Å². The molecule has 18 amide bonds. The number of aliphatic imine (C=N–C) groups is 1. The van der Waals surface area contributed by atoms with Gasteiger partial charge >= 0.3 is 6.03 Å². The van der Waals surface area contributed by atoms with Gasteiger partial charge < -0.3 is 106 Å². The van der Waals surface area contributed by atoms with Gasteiger partial charge in [0, 0.05) is 55.6 Å². The molecule has 0 spiro atoms. The molecule has 662 valence electrons. The number of fused-ring (bicyclic) bond motifs is 10. The van der Waals surface area contributed by atoms with Crippen LogP contribution in [0.1, 0.15) is 205 Å². The van der Waals surface area contributed by atoms with E-state index in [1.165, 1.54) is 21.6 Å². The van der Waals surface area contributed by atoms with Gasteiger partial charge in [-0.3, -0.25) is 87.0 Å². The normalized spacial score (nSPS) is 30.6. The summed E-state index contributed by atoms with van der Waals surface area (Å²) >= 11 is 0. The maximum Gasteiger partial charge on any atom is 0.322 e. The first-order chi connectivity index (χ1) is 55.8. The lowest BCUT2D eigenvalue weighted by Crippen LogP contribution is -2.64. The zero-order chi connectivity index (χ0) is 87.6. The highest BCUT2D eigenvalue weighted by atomic mass is 33.1. The van der Waals surface area contributed by atoms with Crippen molar-refractivity contribution in [2.45, 2.75) is 300 Å². The van der Waals surface area contributed by atoms with Gasteiger partial charge in [0.1, 0.15) is 84.6 Å². The van der Waals surface area contributed by atoms with Gasteiger partial charge in [-0.25, -0.2) is 4.79 Å². The standard InChI is InChI=1S/C77H128N20O19S2/c1-12-40(6)57-69(110)89-50-38-117-118-77(10,11)60(71(112)93-59(42(8)14-3)74(115)95-32-20-25-52(95)67(108)84-45(61(78)102)28-29-55(100)81-30-18-17-27-56(101)90-76(116)83-43(9)62(103)91-57)94-70(111)58(41(7)13-2)92-68(109)54-35-44-22-15-16-24-51(44)97(54)73(114)53-26-21-33-96(53)72(113)47(34-39(4)5)86-65(106)49(37-99)87-63(104)46(23-19-31-82-75(79)80)85-64(105)48(36-98)88-66(50)107/h39-54,57-60,98-99H,12-38H2,1-11H3,(H2,78,102)(H,81,100)(H,84,108)(H,85,105)(H,86,106)(H,87,104)(H,88,107)(H,89,110)(H,91,103)(H,92,109)(H,93,112)(H,94,111)(H4,79,80,82)(H2,83,90,101,116)/t40-,41-,42-,43+,44-,45-,46-,47-,48-,49-,50-,51-,52-,53-,54-,57-,58-,59-,60+/m0/s1. The molecule has 21 N–H and O–H groups in total. The van der Waals surface area contributed by atoms with E-state index in [0.717, 1.165) is 28.0 Å². The predicted molar refractivity (Wildman–Crippen MR) is 437 cm³/mol. The third kappa shape index (κ3) is 27.5. The molecule has 0 aromatic rings. The summed E-state index contributed by atoms with van der Waals surface area (Å²) in [4.78, 5) is 256. The van der Waals surface area contributed by atoms with Gasteiger partial charge in [-0.2, -0.15) is 0 Å². The molecule has 39 nitrogen and oxygen atoms in total. The zero-order valence-electron chi connectivity index (χ0n) is 69.8. The van der Waals surface area contributed by atoms with Crippen molar-refractivity contribution in [2.24, 2.45) is 51.8 Å². The van der Waals surface area contributed by atoms with E-state index >= 15 is 33.6 Å². The highest BCUT2D eigenvalue weighted by Crippen LogP contribution is 2.42. The van der Waals surface area contributed by atoms with E-state index in [1.54, 1.807) is 69.2 Å². The number of hydrogen-bond donors (Lipinski definition) is 18. The van der Waals surface area contributed by atoms with E-state index in [1.807, 2.05) is 0 Å². The average molecular weight is 1700 g/mol. The fraction of sp³-hybridized carbons (Fsp3) is 0.766. The van der Waals surface area contributed by atoms with Crippen LogP contribution < -0.4 is 86.3 Å². The molecule has 0 aromatic heterocycles. The maximum atomic E-state index is 15.9. The lowest BCUT2D eigenvalue weighted by molar-refractivity contribution is -0.150. The van der Waals surface area contributed by atoms with Gasteiger partial charge in [-0.1, -0.05) is 109 Å². The summed E-state index contributed by atoms with van der Waals surface area (Å²) in [6.07, 6.45) is 3.93. The van der Waals surface area contributed by atoms with Crippen molar-refractivity contribution >= 4 is 128 Å². The molecular weight excluding hydrogens is 1570 g/mol. The highest BCUT2D eigenvalue weighted by Gasteiger charge is 2.53. The fourth-order valence-corrected chi connectivity index (χ4v) is 18.3. The van der Waals surface area contributed by atoms with Crippen LogP contribution in [0.25, 0.3) is 0 Å². The largest absolute Gasteiger partial charge is 0.394 e. The maximum absolute atomic E-state index is 15.9. The third-order valence-corrected chi connectivity index (χ3v) is 26.4. The van der Waals surface area contributed by atoms with E-state index in [-0.39, 0.29) is 134 Å². The van der Waals surface area contributed by atoms with Crippen molar-refractivity contribution in [3.8, 4) is 0 Å². The number of carbonyl (C=O) groups is 17. The Bertz CT molecular complexity index is 3630. The Kier molecular flexibility index (Phi) is 38.5. The number of aliphatic hydroxyl groups is 2. The number of rotatable bonds is 15. The molecule has 1 saturated carbocycles. The Balaban J connectivity index is 1.53. The van der Waals surface area contributed by atoms with Gasteiger partial charge in [0.25, 0.3) is 0 Å². The number of amides is 18. The third-order valence-electron chi connectivity index (χ3n) is 23.1. The monoisotopic (exact) mass is 1700 g/mol. The molecule has 6 rings (SSSR count). The van der Waals surface area contributed by atoms with Crippen molar-refractivity contribution < 1.29 is 91.7 Å². The minimum Gasteiger partial charge on any atom is -0.394 e. The molecule has 5 heterocycles. The summed E-state index contributed by atoms with van der Waals surface area (Å²) in [5.74, 6) is -17.3. The molecule has 41 heteroatoms. The van der Waals surface area contributed by atoms with E-state index < -0.39 is 233 Å². The second kappa shape index (κ2) is 46.5. The molecule has 19 atom stereocenters. The van der Waals surface area contributed by atoms with Gasteiger partial charge in [0.05, 0.1) is 13.2 Å². The molecular formula is C77H128N20O19S2. The number of guanidine groups is 1. The Hall–Kier alpha value is -9.12. The molecule has 0 aromatic carbocycles. The summed E-state index contributed by atoms with van der Waals surface area (Å²) in [7, 11) is 1.73.